The lowest BCUT2D eigenvalue weighted by molar-refractivity contribution is -0.137. The highest BCUT2D eigenvalue weighted by Crippen LogP contribution is 2.36. The zero-order chi connectivity index (χ0) is 28.8. The van der Waals surface area contributed by atoms with Gasteiger partial charge in [-0.05, 0) is 66.9 Å². The lowest BCUT2D eigenvalue weighted by Gasteiger charge is -2.14. The minimum Gasteiger partial charge on any atom is -0.456 e. The van der Waals surface area contributed by atoms with Crippen LogP contribution in [0.5, 0.6) is 11.5 Å². The van der Waals surface area contributed by atoms with E-state index < -0.39 is 11.7 Å². The molecule has 0 radical (unpaired) electrons. The van der Waals surface area contributed by atoms with Gasteiger partial charge in [0.2, 0.25) is 5.91 Å². The second-order valence-electron chi connectivity index (χ2n) is 9.10. The van der Waals surface area contributed by atoms with Crippen molar-refractivity contribution in [3.8, 4) is 11.5 Å². The predicted molar refractivity (Wildman–Crippen MR) is 150 cm³/mol. The largest absolute Gasteiger partial charge is 0.456 e. The fourth-order valence-electron chi connectivity index (χ4n) is 4.15. The van der Waals surface area contributed by atoms with Gasteiger partial charge in [0.15, 0.2) is 0 Å². The standard InChI is InChI=1S/C29H24ClF3N6O2/c30-24-15-21(6-7-25(24)41-22-5-1-4-20(14-22)29(31,32)33)39-27-23-13-19(9-12-35-26(23)37-17-38-27)28(40)36-11-8-18-3-2-10-34-16-18/h1-7,10,13-17H,8-9,11-12H2,(H,36,40)(H2,35,37,38,39). The Kier molecular flexibility index (Phi) is 8.34. The number of aromatic nitrogens is 3. The molecule has 3 heterocycles. The van der Waals surface area contributed by atoms with Gasteiger partial charge in [-0.15, -0.1) is 0 Å². The van der Waals surface area contributed by atoms with Crippen molar-refractivity contribution in [1.29, 1.82) is 0 Å². The second-order valence-corrected chi connectivity index (χ2v) is 9.50. The number of rotatable bonds is 8. The quantitative estimate of drug-likeness (QED) is 0.215. The summed E-state index contributed by atoms with van der Waals surface area (Å²) in [4.78, 5) is 25.7. The first-order valence-electron chi connectivity index (χ1n) is 12.6. The summed E-state index contributed by atoms with van der Waals surface area (Å²) in [6, 6.07) is 13.1. The Balaban J connectivity index is 1.30. The number of benzene rings is 2. The highest BCUT2D eigenvalue weighted by molar-refractivity contribution is 6.32. The molecule has 4 aromatic rings. The number of nitrogens with zero attached hydrogens (tertiary/aromatic N) is 3. The molecular weight excluding hydrogens is 557 g/mol. The molecule has 0 bridgehead atoms. The number of nitrogens with one attached hydrogen (secondary N) is 3. The number of hydrogen-bond donors (Lipinski definition) is 3. The summed E-state index contributed by atoms with van der Waals surface area (Å²) in [5.41, 5.74) is 1.93. The molecule has 8 nitrogen and oxygen atoms in total. The Morgan fingerprint density at radius 3 is 2.76 bits per heavy atom. The van der Waals surface area contributed by atoms with E-state index in [0.29, 0.717) is 54.4 Å². The number of ether oxygens (including phenoxy) is 1. The summed E-state index contributed by atoms with van der Waals surface area (Å²) in [7, 11) is 0. The van der Waals surface area contributed by atoms with Gasteiger partial charge in [0.05, 0.1) is 16.1 Å². The minimum absolute atomic E-state index is 0.00556. The van der Waals surface area contributed by atoms with Crippen LogP contribution in [-0.4, -0.2) is 33.9 Å². The van der Waals surface area contributed by atoms with Crippen molar-refractivity contribution in [1.82, 2.24) is 20.3 Å². The highest BCUT2D eigenvalue weighted by Gasteiger charge is 2.30. The number of pyridine rings is 1. The molecule has 0 fully saturated rings. The average molecular weight is 581 g/mol. The lowest BCUT2D eigenvalue weighted by Crippen LogP contribution is -2.27. The Morgan fingerprint density at radius 2 is 1.98 bits per heavy atom. The molecule has 41 heavy (non-hydrogen) atoms. The highest BCUT2D eigenvalue weighted by atomic mass is 35.5. The van der Waals surface area contributed by atoms with Crippen LogP contribution in [0.4, 0.5) is 30.5 Å². The van der Waals surface area contributed by atoms with Gasteiger partial charge < -0.3 is 20.7 Å². The summed E-state index contributed by atoms with van der Waals surface area (Å²) in [6.07, 6.45) is 3.28. The molecule has 5 rings (SSSR count). The smallest absolute Gasteiger partial charge is 0.416 e. The molecule has 0 aliphatic carbocycles. The normalized spacial score (nSPS) is 12.8. The number of amides is 1. The summed E-state index contributed by atoms with van der Waals surface area (Å²) in [6.45, 7) is 0.977. The van der Waals surface area contributed by atoms with Crippen LogP contribution in [0, 0.1) is 0 Å². The van der Waals surface area contributed by atoms with Crippen molar-refractivity contribution in [2.75, 3.05) is 23.7 Å². The van der Waals surface area contributed by atoms with Gasteiger partial charge in [0.1, 0.15) is 29.5 Å². The van der Waals surface area contributed by atoms with Crippen molar-refractivity contribution in [2.24, 2.45) is 0 Å². The van der Waals surface area contributed by atoms with E-state index >= 15 is 0 Å². The molecule has 2 aromatic heterocycles. The number of anilines is 3. The topological polar surface area (TPSA) is 101 Å². The Hall–Kier alpha value is -4.64. The summed E-state index contributed by atoms with van der Waals surface area (Å²) in [5.74, 6) is 1.01. The SMILES string of the molecule is O=C(NCCc1cccnc1)C1=Cc2c(ncnc2Nc2ccc(Oc3cccc(C(F)(F)F)c3)c(Cl)c2)NCC1. The monoisotopic (exact) mass is 580 g/mol. The van der Waals surface area contributed by atoms with Gasteiger partial charge in [-0.25, -0.2) is 9.97 Å². The third-order valence-electron chi connectivity index (χ3n) is 6.19. The second kappa shape index (κ2) is 12.3. The van der Waals surface area contributed by atoms with Crippen LogP contribution in [0.2, 0.25) is 5.02 Å². The van der Waals surface area contributed by atoms with Crippen LogP contribution in [0.3, 0.4) is 0 Å². The number of fused-ring (bicyclic) bond motifs is 1. The molecule has 3 N–H and O–H groups in total. The van der Waals surface area contributed by atoms with E-state index in [1.165, 1.54) is 18.5 Å². The van der Waals surface area contributed by atoms with Crippen molar-refractivity contribution in [3.63, 3.8) is 0 Å². The Labute approximate surface area is 238 Å². The van der Waals surface area contributed by atoms with E-state index in [-0.39, 0.29) is 22.4 Å². The van der Waals surface area contributed by atoms with Gasteiger partial charge >= 0.3 is 6.18 Å². The molecule has 1 aliphatic rings. The molecule has 0 unspecified atom stereocenters. The molecule has 2 aromatic carbocycles. The first kappa shape index (κ1) is 27.9. The Morgan fingerprint density at radius 1 is 1.10 bits per heavy atom. The first-order chi connectivity index (χ1) is 19.8. The van der Waals surface area contributed by atoms with E-state index in [9.17, 15) is 18.0 Å². The third-order valence-corrected chi connectivity index (χ3v) is 6.48. The average Bonchev–Trinajstić information content (AvgIpc) is 3.18. The van der Waals surface area contributed by atoms with Crippen LogP contribution in [0.1, 0.15) is 23.1 Å². The van der Waals surface area contributed by atoms with Crippen LogP contribution in [0.25, 0.3) is 6.08 Å². The van der Waals surface area contributed by atoms with Crippen LogP contribution < -0.4 is 20.7 Å². The lowest BCUT2D eigenvalue weighted by atomic mass is 10.1. The van der Waals surface area contributed by atoms with Crippen LogP contribution in [0.15, 0.2) is 78.9 Å². The summed E-state index contributed by atoms with van der Waals surface area (Å²) in [5, 5.41) is 9.54. The molecule has 0 saturated heterocycles. The van der Waals surface area contributed by atoms with Crippen molar-refractivity contribution in [3.05, 3.63) is 101 Å². The Bertz CT molecular complexity index is 1580. The number of alkyl halides is 3. The van der Waals surface area contributed by atoms with Crippen molar-refractivity contribution < 1.29 is 22.7 Å². The summed E-state index contributed by atoms with van der Waals surface area (Å²) >= 11 is 6.40. The van der Waals surface area contributed by atoms with Crippen molar-refractivity contribution in [2.45, 2.75) is 19.0 Å². The molecule has 1 aliphatic heterocycles. The number of hydrogen-bond acceptors (Lipinski definition) is 7. The molecule has 0 spiro atoms. The maximum Gasteiger partial charge on any atom is 0.416 e. The van der Waals surface area contributed by atoms with E-state index in [4.69, 9.17) is 16.3 Å². The number of carbonyl (C=O) groups is 1. The molecule has 1 amide bonds. The zero-order valence-corrected chi connectivity index (χ0v) is 22.3. The number of halogens is 4. The van der Waals surface area contributed by atoms with E-state index in [2.05, 4.69) is 30.9 Å². The summed E-state index contributed by atoms with van der Waals surface area (Å²) < 4.78 is 44.7. The zero-order valence-electron chi connectivity index (χ0n) is 21.5. The predicted octanol–water partition coefficient (Wildman–Crippen LogP) is 6.64. The maximum atomic E-state index is 13.0. The third kappa shape index (κ3) is 7.12. The van der Waals surface area contributed by atoms with Gasteiger partial charge in [0.25, 0.3) is 0 Å². The first-order valence-corrected chi connectivity index (χ1v) is 13.0. The molecule has 0 saturated carbocycles. The van der Waals surface area contributed by atoms with Crippen LogP contribution in [-0.2, 0) is 17.4 Å². The fraction of sp³-hybridized carbons (Fsp3) is 0.172. The minimum atomic E-state index is -4.49. The van der Waals surface area contributed by atoms with E-state index in [1.807, 2.05) is 12.1 Å². The van der Waals surface area contributed by atoms with E-state index in [1.54, 1.807) is 36.7 Å². The van der Waals surface area contributed by atoms with Gasteiger partial charge in [-0.3, -0.25) is 9.78 Å². The molecule has 210 valence electrons. The van der Waals surface area contributed by atoms with Gasteiger partial charge in [-0.2, -0.15) is 13.2 Å². The molecule has 0 atom stereocenters. The van der Waals surface area contributed by atoms with E-state index in [0.717, 1.165) is 17.7 Å². The molecular formula is C29H24ClF3N6O2. The van der Waals surface area contributed by atoms with Crippen molar-refractivity contribution >= 4 is 40.9 Å². The number of carbonyl (C=O) groups excluding carboxylic acids is 1. The fourth-order valence-corrected chi connectivity index (χ4v) is 4.37. The van der Waals surface area contributed by atoms with Gasteiger partial charge in [-0.1, -0.05) is 23.7 Å². The maximum absolute atomic E-state index is 13.0. The van der Waals surface area contributed by atoms with Crippen LogP contribution >= 0.6 is 11.6 Å². The van der Waals surface area contributed by atoms with Gasteiger partial charge in [0, 0.05) is 36.7 Å². The molecule has 12 heteroatoms.